The number of ether oxygens (including phenoxy) is 2. The molecule has 0 fully saturated rings. The van der Waals surface area contributed by atoms with Crippen molar-refractivity contribution in [2.24, 2.45) is 0 Å². The smallest absolute Gasteiger partial charge is 0.338 e. The van der Waals surface area contributed by atoms with Gasteiger partial charge < -0.3 is 14.8 Å². The lowest BCUT2D eigenvalue weighted by molar-refractivity contribution is -0.123. The molecular formula is C18H21N3O7. The third kappa shape index (κ3) is 4.92. The molecule has 1 aromatic rings. The fourth-order valence-electron chi connectivity index (χ4n) is 2.57. The molecule has 0 saturated heterocycles. The van der Waals surface area contributed by atoms with E-state index in [2.05, 4.69) is 5.32 Å². The second-order valence-electron chi connectivity index (χ2n) is 5.85. The number of nitrogens with zero attached hydrogens (tertiary/aromatic N) is 1. The zero-order valence-corrected chi connectivity index (χ0v) is 15.6. The average Bonchev–Trinajstić information content (AvgIpc) is 2.90. The van der Waals surface area contributed by atoms with Gasteiger partial charge in [0.1, 0.15) is 0 Å². The van der Waals surface area contributed by atoms with E-state index >= 15 is 0 Å². The van der Waals surface area contributed by atoms with Gasteiger partial charge in [-0.15, -0.1) is 0 Å². The number of benzene rings is 1. The van der Waals surface area contributed by atoms with Gasteiger partial charge in [-0.1, -0.05) is 0 Å². The molecule has 1 aliphatic rings. The van der Waals surface area contributed by atoms with Gasteiger partial charge in [-0.05, 0) is 31.5 Å². The monoisotopic (exact) mass is 391 g/mol. The van der Waals surface area contributed by atoms with Crippen LogP contribution in [0, 0.1) is 0 Å². The Morgan fingerprint density at radius 2 is 1.82 bits per heavy atom. The van der Waals surface area contributed by atoms with Crippen LogP contribution in [0.1, 0.15) is 44.4 Å². The van der Waals surface area contributed by atoms with Crippen LogP contribution in [0.15, 0.2) is 18.2 Å². The molecule has 0 aromatic heterocycles. The van der Waals surface area contributed by atoms with Crippen LogP contribution >= 0.6 is 0 Å². The minimum Gasteiger partial charge on any atom is -0.452 e. The van der Waals surface area contributed by atoms with E-state index in [9.17, 15) is 24.0 Å². The number of methoxy groups -OCH3 is 1. The van der Waals surface area contributed by atoms with E-state index in [1.165, 1.54) is 25.3 Å². The van der Waals surface area contributed by atoms with Gasteiger partial charge in [0.15, 0.2) is 6.61 Å². The summed E-state index contributed by atoms with van der Waals surface area (Å²) in [6.45, 7) is 1.97. The first-order valence-electron chi connectivity index (χ1n) is 8.63. The fraction of sp³-hybridized carbons (Fsp3) is 0.389. The SMILES string of the molecule is CCNC(=O)NC(=O)COC(=O)c1ccc2c(c1)C(=O)N(CCCOC)C2=O. The van der Waals surface area contributed by atoms with Crippen LogP contribution in [0.3, 0.4) is 0 Å². The molecular weight excluding hydrogens is 370 g/mol. The van der Waals surface area contributed by atoms with Crippen molar-refractivity contribution in [1.82, 2.24) is 15.5 Å². The first-order valence-corrected chi connectivity index (χ1v) is 8.63. The number of amides is 5. The maximum absolute atomic E-state index is 12.4. The average molecular weight is 391 g/mol. The van der Waals surface area contributed by atoms with E-state index in [4.69, 9.17) is 9.47 Å². The molecule has 5 amide bonds. The van der Waals surface area contributed by atoms with Gasteiger partial charge in [0.2, 0.25) is 0 Å². The first-order chi connectivity index (χ1) is 13.4. The summed E-state index contributed by atoms with van der Waals surface area (Å²) in [6.07, 6.45) is 0.498. The highest BCUT2D eigenvalue weighted by Gasteiger charge is 2.35. The lowest BCUT2D eigenvalue weighted by Gasteiger charge is -2.12. The summed E-state index contributed by atoms with van der Waals surface area (Å²) < 4.78 is 9.76. The molecule has 1 heterocycles. The Morgan fingerprint density at radius 3 is 2.50 bits per heavy atom. The number of urea groups is 1. The Bertz CT molecular complexity index is 806. The number of fused-ring (bicyclic) bond motifs is 1. The molecule has 1 aliphatic heterocycles. The van der Waals surface area contributed by atoms with Crippen LogP contribution < -0.4 is 10.6 Å². The summed E-state index contributed by atoms with van der Waals surface area (Å²) in [6, 6.07) is 3.28. The highest BCUT2D eigenvalue weighted by molar-refractivity contribution is 6.22. The predicted molar refractivity (Wildman–Crippen MR) is 95.8 cm³/mol. The summed E-state index contributed by atoms with van der Waals surface area (Å²) in [5.41, 5.74) is 0.320. The molecule has 28 heavy (non-hydrogen) atoms. The van der Waals surface area contributed by atoms with E-state index in [1.54, 1.807) is 6.92 Å². The highest BCUT2D eigenvalue weighted by Crippen LogP contribution is 2.24. The van der Waals surface area contributed by atoms with Crippen LogP contribution in [0.5, 0.6) is 0 Å². The number of imide groups is 2. The summed E-state index contributed by atoms with van der Waals surface area (Å²) in [5.74, 6) is -2.58. The van der Waals surface area contributed by atoms with Gasteiger partial charge in [-0.2, -0.15) is 0 Å². The fourth-order valence-corrected chi connectivity index (χ4v) is 2.57. The van der Waals surface area contributed by atoms with Gasteiger partial charge in [0.25, 0.3) is 17.7 Å². The van der Waals surface area contributed by atoms with Crippen molar-refractivity contribution in [3.05, 3.63) is 34.9 Å². The van der Waals surface area contributed by atoms with Gasteiger partial charge in [-0.25, -0.2) is 9.59 Å². The van der Waals surface area contributed by atoms with Crippen LogP contribution in [0.2, 0.25) is 0 Å². The van der Waals surface area contributed by atoms with Gasteiger partial charge >= 0.3 is 12.0 Å². The molecule has 0 bridgehead atoms. The van der Waals surface area contributed by atoms with E-state index in [0.717, 1.165) is 4.90 Å². The number of hydrogen-bond donors (Lipinski definition) is 2. The standard InChI is InChI=1S/C18H21N3O7/c1-3-19-18(26)20-14(22)10-28-17(25)11-5-6-12-13(9-11)16(24)21(15(12)23)7-4-8-27-2/h5-6,9H,3-4,7-8,10H2,1-2H3,(H2,19,20,22,26). The number of rotatable bonds is 8. The summed E-state index contributed by atoms with van der Waals surface area (Å²) in [5, 5.41) is 4.35. The van der Waals surface area contributed by atoms with E-state index in [0.29, 0.717) is 19.6 Å². The van der Waals surface area contributed by atoms with E-state index in [-0.39, 0.29) is 23.2 Å². The van der Waals surface area contributed by atoms with Crippen molar-refractivity contribution in [2.75, 3.05) is 33.4 Å². The van der Waals surface area contributed by atoms with Gasteiger partial charge in [0, 0.05) is 26.8 Å². The molecule has 2 N–H and O–H groups in total. The summed E-state index contributed by atoms with van der Waals surface area (Å²) >= 11 is 0. The zero-order chi connectivity index (χ0) is 20.7. The third-order valence-corrected chi connectivity index (χ3v) is 3.86. The van der Waals surface area contributed by atoms with Crippen molar-refractivity contribution in [3.8, 4) is 0 Å². The lowest BCUT2D eigenvalue weighted by atomic mass is 10.1. The molecule has 1 aromatic carbocycles. The van der Waals surface area contributed by atoms with Crippen LogP contribution in [-0.2, 0) is 14.3 Å². The molecule has 0 radical (unpaired) electrons. The Balaban J connectivity index is 1.99. The van der Waals surface area contributed by atoms with Gasteiger partial charge in [0.05, 0.1) is 16.7 Å². The molecule has 0 unspecified atom stereocenters. The number of carbonyl (C=O) groups is 5. The highest BCUT2D eigenvalue weighted by atomic mass is 16.5. The molecule has 10 nitrogen and oxygen atoms in total. The largest absolute Gasteiger partial charge is 0.452 e. The third-order valence-electron chi connectivity index (χ3n) is 3.86. The Hall–Kier alpha value is -3.27. The van der Waals surface area contributed by atoms with E-state index in [1.807, 2.05) is 5.32 Å². The zero-order valence-electron chi connectivity index (χ0n) is 15.6. The Labute approximate surface area is 161 Å². The minimum absolute atomic E-state index is 0.0180. The Kier molecular flexibility index (Phi) is 7.21. The number of hydrogen-bond acceptors (Lipinski definition) is 7. The molecule has 0 aliphatic carbocycles. The van der Waals surface area contributed by atoms with Crippen molar-refractivity contribution < 1.29 is 33.4 Å². The second-order valence-corrected chi connectivity index (χ2v) is 5.85. The molecule has 0 spiro atoms. The maximum atomic E-state index is 12.4. The van der Waals surface area contributed by atoms with Crippen molar-refractivity contribution in [3.63, 3.8) is 0 Å². The second kappa shape index (κ2) is 9.60. The van der Waals surface area contributed by atoms with Gasteiger partial charge in [-0.3, -0.25) is 24.6 Å². The van der Waals surface area contributed by atoms with Crippen molar-refractivity contribution >= 4 is 29.7 Å². The normalized spacial score (nSPS) is 12.6. The molecule has 150 valence electrons. The van der Waals surface area contributed by atoms with Crippen LogP contribution in [0.4, 0.5) is 4.79 Å². The predicted octanol–water partition coefficient (Wildman–Crippen LogP) is 0.322. The van der Waals surface area contributed by atoms with Crippen LogP contribution in [0.25, 0.3) is 0 Å². The number of carbonyl (C=O) groups excluding carboxylic acids is 5. The summed E-state index contributed by atoms with van der Waals surface area (Å²) in [7, 11) is 1.52. The van der Waals surface area contributed by atoms with E-state index < -0.39 is 36.3 Å². The Morgan fingerprint density at radius 1 is 1.11 bits per heavy atom. The quantitative estimate of drug-likeness (QED) is 0.371. The maximum Gasteiger partial charge on any atom is 0.338 e. The van der Waals surface area contributed by atoms with Crippen molar-refractivity contribution in [1.29, 1.82) is 0 Å². The van der Waals surface area contributed by atoms with Crippen LogP contribution in [-0.4, -0.2) is 68.0 Å². The molecule has 10 heteroatoms. The minimum atomic E-state index is -0.855. The van der Waals surface area contributed by atoms with Crippen molar-refractivity contribution in [2.45, 2.75) is 13.3 Å². The first kappa shape index (κ1) is 21.0. The lowest BCUT2D eigenvalue weighted by Crippen LogP contribution is -2.41. The number of esters is 1. The molecule has 0 saturated carbocycles. The molecule has 2 rings (SSSR count). The molecule has 0 atom stereocenters. The number of nitrogens with one attached hydrogen (secondary N) is 2. The summed E-state index contributed by atoms with van der Waals surface area (Å²) in [4.78, 5) is 60.7. The topological polar surface area (TPSA) is 131 Å².